The summed E-state index contributed by atoms with van der Waals surface area (Å²) >= 11 is 0. The maximum atomic E-state index is 12.9. The molecule has 4 aromatic rings. The molecule has 0 atom stereocenters. The van der Waals surface area contributed by atoms with Gasteiger partial charge in [-0.15, -0.1) is 5.10 Å². The van der Waals surface area contributed by atoms with Crippen molar-refractivity contribution in [2.24, 2.45) is 0 Å². The van der Waals surface area contributed by atoms with Gasteiger partial charge < -0.3 is 5.32 Å². The van der Waals surface area contributed by atoms with Crippen LogP contribution in [0.4, 0.5) is 20.3 Å². The summed E-state index contributed by atoms with van der Waals surface area (Å²) in [7, 11) is 0. The van der Waals surface area contributed by atoms with E-state index in [1.165, 1.54) is 6.92 Å². The van der Waals surface area contributed by atoms with Crippen molar-refractivity contribution >= 4 is 27.9 Å². The van der Waals surface area contributed by atoms with Crippen molar-refractivity contribution in [3.8, 4) is 0 Å². The smallest absolute Gasteiger partial charge is 0.273 e. The van der Waals surface area contributed by atoms with Gasteiger partial charge >= 0.3 is 0 Å². The molecule has 0 spiro atoms. The Morgan fingerprint density at radius 2 is 1.66 bits per heavy atom. The van der Waals surface area contributed by atoms with Gasteiger partial charge in [0.1, 0.15) is 0 Å². The van der Waals surface area contributed by atoms with E-state index in [0.717, 1.165) is 22.0 Å². The lowest BCUT2D eigenvalue weighted by Gasteiger charge is -2.12. The van der Waals surface area contributed by atoms with Gasteiger partial charge in [-0.05, 0) is 42.3 Å². The summed E-state index contributed by atoms with van der Waals surface area (Å²) in [6.45, 7) is 1.40. The monoisotopic (exact) mass is 388 g/mol. The van der Waals surface area contributed by atoms with Crippen LogP contribution in [0.3, 0.4) is 0 Å². The number of pyridine rings is 1. The zero-order valence-corrected chi connectivity index (χ0v) is 15.7. The third-order valence-electron chi connectivity index (χ3n) is 4.73. The topological polar surface area (TPSA) is 50.7 Å². The van der Waals surface area contributed by atoms with Gasteiger partial charge in [0.05, 0.1) is 5.69 Å². The van der Waals surface area contributed by atoms with E-state index in [-0.39, 0.29) is 5.57 Å². The highest BCUT2D eigenvalue weighted by Gasteiger charge is 2.11. The van der Waals surface area contributed by atoms with Gasteiger partial charge in [0.15, 0.2) is 5.82 Å². The van der Waals surface area contributed by atoms with Gasteiger partial charge in [-0.25, -0.2) is 0 Å². The minimum absolute atomic E-state index is 0.0442. The fraction of sp³-hybridized carbons (Fsp3) is 0.0870. The number of halogens is 2. The first kappa shape index (κ1) is 18.7. The molecule has 2 aromatic heterocycles. The molecular weight excluding hydrogens is 370 g/mol. The number of benzene rings is 2. The SMILES string of the molecule is CC(=C(F)F)c1cccc(Nc2nnc(Cc3ccncc3)c3ccccc23)c1. The first-order valence-electron chi connectivity index (χ1n) is 9.14. The van der Waals surface area contributed by atoms with E-state index in [1.807, 2.05) is 42.5 Å². The Morgan fingerprint density at radius 3 is 2.41 bits per heavy atom. The molecule has 0 saturated heterocycles. The number of aromatic nitrogens is 3. The molecule has 6 heteroatoms. The molecule has 29 heavy (non-hydrogen) atoms. The molecule has 0 aliphatic heterocycles. The second-order valence-electron chi connectivity index (χ2n) is 6.66. The predicted molar refractivity (Wildman–Crippen MR) is 111 cm³/mol. The summed E-state index contributed by atoms with van der Waals surface area (Å²) in [5.41, 5.74) is 3.05. The van der Waals surface area contributed by atoms with Gasteiger partial charge in [-0.3, -0.25) is 4.98 Å². The molecule has 0 saturated carbocycles. The molecular formula is C23H18F2N4. The van der Waals surface area contributed by atoms with Gasteiger partial charge in [-0.1, -0.05) is 36.4 Å². The molecule has 4 nitrogen and oxygen atoms in total. The van der Waals surface area contributed by atoms with E-state index in [9.17, 15) is 8.78 Å². The summed E-state index contributed by atoms with van der Waals surface area (Å²) in [6, 6.07) is 18.7. The van der Waals surface area contributed by atoms with Gasteiger partial charge in [0.2, 0.25) is 0 Å². The summed E-state index contributed by atoms with van der Waals surface area (Å²) in [5, 5.41) is 13.9. The normalized spacial score (nSPS) is 10.7. The third-order valence-corrected chi connectivity index (χ3v) is 4.73. The van der Waals surface area contributed by atoms with Crippen LogP contribution in [0.25, 0.3) is 16.3 Å². The molecule has 1 N–H and O–H groups in total. The lowest BCUT2D eigenvalue weighted by Crippen LogP contribution is -2.02. The van der Waals surface area contributed by atoms with Crippen molar-refractivity contribution in [3.63, 3.8) is 0 Å². The minimum atomic E-state index is -1.69. The first-order valence-corrected chi connectivity index (χ1v) is 9.14. The number of anilines is 2. The number of hydrogen-bond donors (Lipinski definition) is 1. The highest BCUT2D eigenvalue weighted by atomic mass is 19.3. The van der Waals surface area contributed by atoms with Crippen LogP contribution >= 0.6 is 0 Å². The number of nitrogens with one attached hydrogen (secondary N) is 1. The van der Waals surface area contributed by atoms with E-state index in [0.29, 0.717) is 23.5 Å². The van der Waals surface area contributed by atoms with Crippen LogP contribution in [0.1, 0.15) is 23.7 Å². The lowest BCUT2D eigenvalue weighted by atomic mass is 10.0. The Morgan fingerprint density at radius 1 is 0.897 bits per heavy atom. The lowest BCUT2D eigenvalue weighted by molar-refractivity contribution is 0.425. The second kappa shape index (κ2) is 8.14. The van der Waals surface area contributed by atoms with E-state index < -0.39 is 6.08 Å². The third kappa shape index (κ3) is 4.11. The molecule has 0 amide bonds. The Hall–Kier alpha value is -3.67. The summed E-state index contributed by atoms with van der Waals surface area (Å²) in [4.78, 5) is 4.04. The van der Waals surface area contributed by atoms with Crippen LogP contribution in [0.5, 0.6) is 0 Å². The maximum absolute atomic E-state index is 12.9. The van der Waals surface area contributed by atoms with Gasteiger partial charge in [0.25, 0.3) is 6.08 Å². The molecule has 144 valence electrons. The van der Waals surface area contributed by atoms with E-state index in [4.69, 9.17) is 0 Å². The van der Waals surface area contributed by atoms with Crippen LogP contribution in [0.15, 0.2) is 79.1 Å². The first-order chi connectivity index (χ1) is 14.1. The zero-order valence-electron chi connectivity index (χ0n) is 15.7. The van der Waals surface area contributed by atoms with Crippen LogP contribution < -0.4 is 5.32 Å². The van der Waals surface area contributed by atoms with E-state index >= 15 is 0 Å². The summed E-state index contributed by atoms with van der Waals surface area (Å²) < 4.78 is 25.9. The number of rotatable bonds is 5. The highest BCUT2D eigenvalue weighted by Crippen LogP contribution is 2.28. The number of fused-ring (bicyclic) bond motifs is 1. The number of allylic oxidation sites excluding steroid dienone is 1. The van der Waals surface area contributed by atoms with E-state index in [1.54, 1.807) is 30.6 Å². The largest absolute Gasteiger partial charge is 0.338 e. The Kier molecular flexibility index (Phi) is 5.24. The fourth-order valence-electron chi connectivity index (χ4n) is 3.15. The van der Waals surface area contributed by atoms with Crippen LogP contribution in [-0.4, -0.2) is 15.2 Å². The van der Waals surface area contributed by atoms with Crippen LogP contribution in [0.2, 0.25) is 0 Å². The summed E-state index contributed by atoms with van der Waals surface area (Å²) in [6.07, 6.45) is 2.47. The van der Waals surface area contributed by atoms with Crippen molar-refractivity contribution in [2.75, 3.05) is 5.32 Å². The molecule has 4 rings (SSSR count). The molecule has 0 bridgehead atoms. The molecule has 0 unspecified atom stereocenters. The van der Waals surface area contributed by atoms with Gasteiger partial charge in [0, 0.05) is 40.8 Å². The summed E-state index contributed by atoms with van der Waals surface area (Å²) in [5.74, 6) is 0.582. The molecule has 2 aromatic carbocycles. The van der Waals surface area contributed by atoms with Crippen molar-refractivity contribution in [1.29, 1.82) is 0 Å². The van der Waals surface area contributed by atoms with E-state index in [2.05, 4.69) is 20.5 Å². The number of hydrogen-bond acceptors (Lipinski definition) is 4. The highest BCUT2D eigenvalue weighted by molar-refractivity contribution is 5.94. The fourth-order valence-corrected chi connectivity index (χ4v) is 3.15. The average Bonchev–Trinajstić information content (AvgIpc) is 2.76. The zero-order chi connectivity index (χ0) is 20.2. The van der Waals surface area contributed by atoms with Crippen molar-refractivity contribution in [1.82, 2.24) is 15.2 Å². The molecule has 0 radical (unpaired) electrons. The standard InChI is InChI=1S/C23H18F2N4/c1-15(22(24)25)17-5-4-6-18(14-17)27-23-20-8-3-2-7-19(20)21(28-29-23)13-16-9-11-26-12-10-16/h2-12,14H,13H2,1H3,(H,27,29). The molecule has 0 aliphatic carbocycles. The molecule has 2 heterocycles. The van der Waals surface area contributed by atoms with Crippen molar-refractivity contribution in [2.45, 2.75) is 13.3 Å². The van der Waals surface area contributed by atoms with Crippen molar-refractivity contribution in [3.05, 3.63) is 96.0 Å². The Balaban J connectivity index is 1.70. The van der Waals surface area contributed by atoms with Crippen LogP contribution in [0, 0.1) is 0 Å². The number of nitrogens with zero attached hydrogens (tertiary/aromatic N) is 3. The predicted octanol–water partition coefficient (Wildman–Crippen LogP) is 5.99. The molecule has 0 aliphatic rings. The van der Waals surface area contributed by atoms with Gasteiger partial charge in [-0.2, -0.15) is 13.9 Å². The Bertz CT molecular complexity index is 1190. The average molecular weight is 388 g/mol. The van der Waals surface area contributed by atoms with Crippen molar-refractivity contribution < 1.29 is 8.78 Å². The maximum Gasteiger partial charge on any atom is 0.273 e. The Labute approximate surface area is 167 Å². The minimum Gasteiger partial charge on any atom is -0.338 e. The molecule has 0 fully saturated rings. The second-order valence-corrected chi connectivity index (χ2v) is 6.66. The quantitative estimate of drug-likeness (QED) is 0.456. The van der Waals surface area contributed by atoms with Crippen LogP contribution in [-0.2, 0) is 6.42 Å².